The third-order valence-electron chi connectivity index (χ3n) is 2.20. The van der Waals surface area contributed by atoms with Gasteiger partial charge >= 0.3 is 5.51 Å². The Morgan fingerprint density at radius 1 is 1.35 bits per heavy atom. The van der Waals surface area contributed by atoms with Gasteiger partial charge < -0.3 is 0 Å². The van der Waals surface area contributed by atoms with Crippen molar-refractivity contribution in [1.82, 2.24) is 0 Å². The van der Waals surface area contributed by atoms with Crippen LogP contribution in [-0.4, -0.2) is 16.3 Å². The van der Waals surface area contributed by atoms with Crippen LogP contribution >= 0.6 is 0 Å². The van der Waals surface area contributed by atoms with Crippen molar-refractivity contribution < 1.29 is 21.6 Å². The summed E-state index contributed by atoms with van der Waals surface area (Å²) in [5.41, 5.74) is -3.54. The van der Waals surface area contributed by atoms with E-state index in [-0.39, 0.29) is 12.5 Å². The molecule has 0 N–H and O–H groups in total. The average molecular weight is 272 g/mol. The van der Waals surface area contributed by atoms with E-state index in [1.165, 1.54) is 5.57 Å². The van der Waals surface area contributed by atoms with Crippen molar-refractivity contribution in [3.63, 3.8) is 0 Å². The van der Waals surface area contributed by atoms with Gasteiger partial charge in [-0.15, -0.1) is 0 Å². The zero-order valence-electron chi connectivity index (χ0n) is 10.3. The van der Waals surface area contributed by atoms with Gasteiger partial charge in [0.2, 0.25) is 0 Å². The Labute approximate surface area is 103 Å². The maximum Gasteiger partial charge on any atom is 0.497 e. The summed E-state index contributed by atoms with van der Waals surface area (Å²) >= 11 is -3.18. The van der Waals surface area contributed by atoms with E-state index in [2.05, 4.69) is 10.3 Å². The quantitative estimate of drug-likeness (QED) is 0.656. The van der Waals surface area contributed by atoms with Crippen LogP contribution in [0.1, 0.15) is 40.0 Å². The predicted molar refractivity (Wildman–Crippen MR) is 62.6 cm³/mol. The molecule has 0 fully saturated rings. The van der Waals surface area contributed by atoms with Gasteiger partial charge in [0.1, 0.15) is 0 Å². The number of rotatable bonds is 7. The summed E-state index contributed by atoms with van der Waals surface area (Å²) in [5, 5.41) is 0. The van der Waals surface area contributed by atoms with Gasteiger partial charge in [0.15, 0.2) is 0 Å². The first-order chi connectivity index (χ1) is 7.73. The largest absolute Gasteiger partial charge is 0.497 e. The third-order valence-corrected chi connectivity index (χ3v) is 2.96. The molecular formula is C11H19F3O2S. The minimum absolute atomic E-state index is 0.123. The van der Waals surface area contributed by atoms with Crippen molar-refractivity contribution in [3.05, 3.63) is 11.6 Å². The lowest BCUT2D eigenvalue weighted by molar-refractivity contribution is -0.0474. The number of alkyl halides is 3. The van der Waals surface area contributed by atoms with Crippen molar-refractivity contribution in [3.8, 4) is 0 Å². The van der Waals surface area contributed by atoms with E-state index in [4.69, 9.17) is 0 Å². The van der Waals surface area contributed by atoms with Crippen molar-refractivity contribution >= 4 is 11.1 Å². The van der Waals surface area contributed by atoms with Crippen LogP contribution < -0.4 is 0 Å². The van der Waals surface area contributed by atoms with E-state index in [1.54, 1.807) is 0 Å². The molecule has 0 saturated carbocycles. The SMILES string of the molecule is CC(C)=CCCC(C)CCOS(=O)C(F)(F)F. The van der Waals surface area contributed by atoms with E-state index < -0.39 is 16.6 Å². The highest BCUT2D eigenvalue weighted by Crippen LogP contribution is 2.21. The van der Waals surface area contributed by atoms with E-state index in [0.717, 1.165) is 12.8 Å². The second-order valence-corrected chi connectivity index (χ2v) is 5.42. The fourth-order valence-corrected chi connectivity index (χ4v) is 1.57. The van der Waals surface area contributed by atoms with Crippen LogP contribution in [0.5, 0.6) is 0 Å². The summed E-state index contributed by atoms with van der Waals surface area (Å²) in [5.74, 6) is 0.260. The van der Waals surface area contributed by atoms with Gasteiger partial charge in [0.05, 0.1) is 6.61 Å². The summed E-state index contributed by atoms with van der Waals surface area (Å²) in [4.78, 5) is 0. The normalized spacial score (nSPS) is 15.4. The molecule has 6 heteroatoms. The number of hydrogen-bond donors (Lipinski definition) is 0. The summed E-state index contributed by atoms with van der Waals surface area (Å²) in [7, 11) is 0. The zero-order valence-corrected chi connectivity index (χ0v) is 11.2. The second-order valence-electron chi connectivity index (χ2n) is 4.26. The second kappa shape index (κ2) is 7.87. The smallest absolute Gasteiger partial charge is 0.284 e. The Morgan fingerprint density at radius 3 is 2.41 bits per heavy atom. The maximum atomic E-state index is 11.8. The molecule has 0 spiro atoms. The van der Waals surface area contributed by atoms with Gasteiger partial charge in [-0.1, -0.05) is 18.6 Å². The van der Waals surface area contributed by atoms with Crippen LogP contribution in [0.15, 0.2) is 11.6 Å². The molecule has 0 rings (SSSR count). The fraction of sp³-hybridized carbons (Fsp3) is 0.818. The summed E-state index contributed by atoms with van der Waals surface area (Å²) in [6.07, 6.45) is 4.38. The molecule has 2 unspecified atom stereocenters. The molecule has 0 aromatic rings. The molecule has 0 amide bonds. The van der Waals surface area contributed by atoms with Gasteiger partial charge in [0.25, 0.3) is 11.1 Å². The van der Waals surface area contributed by atoms with E-state index in [9.17, 15) is 17.4 Å². The molecule has 0 aliphatic carbocycles. The monoisotopic (exact) mass is 272 g/mol. The zero-order chi connectivity index (χ0) is 13.5. The predicted octanol–water partition coefficient (Wildman–Crippen LogP) is 3.96. The first-order valence-electron chi connectivity index (χ1n) is 5.48. The van der Waals surface area contributed by atoms with Crippen LogP contribution in [0, 0.1) is 5.92 Å². The van der Waals surface area contributed by atoms with Crippen molar-refractivity contribution in [1.29, 1.82) is 0 Å². The Morgan fingerprint density at radius 2 is 1.94 bits per heavy atom. The van der Waals surface area contributed by atoms with E-state index in [1.807, 2.05) is 20.8 Å². The number of halogens is 3. The van der Waals surface area contributed by atoms with Gasteiger partial charge in [-0.05, 0) is 39.0 Å². The van der Waals surface area contributed by atoms with Crippen molar-refractivity contribution in [2.75, 3.05) is 6.61 Å². The van der Waals surface area contributed by atoms with Crippen LogP contribution in [-0.2, 0) is 15.3 Å². The molecule has 17 heavy (non-hydrogen) atoms. The van der Waals surface area contributed by atoms with Crippen LogP contribution in [0.2, 0.25) is 0 Å². The summed E-state index contributed by atoms with van der Waals surface area (Å²) in [6.45, 7) is 5.82. The highest BCUT2D eigenvalue weighted by molar-refractivity contribution is 7.81. The molecule has 0 heterocycles. The minimum Gasteiger partial charge on any atom is -0.284 e. The fourth-order valence-electron chi connectivity index (χ4n) is 1.19. The molecule has 0 aliphatic rings. The molecule has 0 aromatic carbocycles. The standard InChI is InChI=1S/C11H19F3O2S/c1-9(2)5-4-6-10(3)7-8-16-17(15)11(12,13)14/h5,10H,4,6-8H2,1-3H3. The van der Waals surface area contributed by atoms with E-state index in [0.29, 0.717) is 6.42 Å². The van der Waals surface area contributed by atoms with Gasteiger partial charge in [0, 0.05) is 0 Å². The molecule has 0 aromatic heterocycles. The van der Waals surface area contributed by atoms with Crippen LogP contribution in [0.4, 0.5) is 13.2 Å². The third kappa shape index (κ3) is 9.35. The van der Waals surface area contributed by atoms with Gasteiger partial charge in [-0.2, -0.15) is 13.2 Å². The Kier molecular flexibility index (Phi) is 7.70. The highest BCUT2D eigenvalue weighted by Gasteiger charge is 2.38. The lowest BCUT2D eigenvalue weighted by Gasteiger charge is -2.10. The van der Waals surface area contributed by atoms with Gasteiger partial charge in [-0.3, -0.25) is 4.18 Å². The molecule has 2 nitrogen and oxygen atoms in total. The Balaban J connectivity index is 3.68. The Hall–Kier alpha value is -0.360. The molecule has 0 saturated heterocycles. The minimum atomic E-state index is -4.77. The summed E-state index contributed by atoms with van der Waals surface area (Å²) < 4.78 is 50.2. The molecular weight excluding hydrogens is 253 g/mol. The molecule has 0 bridgehead atoms. The topological polar surface area (TPSA) is 26.3 Å². The highest BCUT2D eigenvalue weighted by atomic mass is 32.2. The Bertz CT molecular complexity index is 270. The lowest BCUT2D eigenvalue weighted by atomic mass is 10.0. The molecule has 0 aliphatic heterocycles. The van der Waals surface area contributed by atoms with Gasteiger partial charge in [-0.25, -0.2) is 4.21 Å². The summed E-state index contributed by atoms with van der Waals surface area (Å²) in [6, 6.07) is 0. The van der Waals surface area contributed by atoms with E-state index >= 15 is 0 Å². The molecule has 102 valence electrons. The van der Waals surface area contributed by atoms with Crippen molar-refractivity contribution in [2.24, 2.45) is 5.92 Å². The first kappa shape index (κ1) is 16.6. The van der Waals surface area contributed by atoms with Crippen molar-refractivity contribution in [2.45, 2.75) is 45.5 Å². The number of hydrogen-bond acceptors (Lipinski definition) is 2. The molecule has 0 radical (unpaired) electrons. The maximum absolute atomic E-state index is 11.8. The average Bonchev–Trinajstić information content (AvgIpc) is 2.15. The first-order valence-corrected chi connectivity index (χ1v) is 6.56. The van der Waals surface area contributed by atoms with Crippen LogP contribution in [0.25, 0.3) is 0 Å². The molecule has 2 atom stereocenters. The lowest BCUT2D eigenvalue weighted by Crippen LogP contribution is -2.19. The van der Waals surface area contributed by atoms with Crippen LogP contribution in [0.3, 0.4) is 0 Å². The number of allylic oxidation sites excluding steroid dienone is 2.